The van der Waals surface area contributed by atoms with Crippen LogP contribution in [0.2, 0.25) is 0 Å². The van der Waals surface area contributed by atoms with Crippen LogP contribution >= 0.6 is 0 Å². The lowest BCUT2D eigenvalue weighted by atomic mass is 9.90. The summed E-state index contributed by atoms with van der Waals surface area (Å²) in [5.74, 6) is -0.227. The molecule has 1 heterocycles. The maximum atomic E-state index is 12.6. The zero-order chi connectivity index (χ0) is 21.0. The minimum atomic E-state index is -1.17. The zero-order valence-electron chi connectivity index (χ0n) is 16.9. The number of rotatable bonds is 7. The Morgan fingerprint density at radius 2 is 1.90 bits per heavy atom. The number of hydrogen-bond donors (Lipinski definition) is 1. The number of carboxylic acid groups (broad SMARTS) is 1. The second kappa shape index (κ2) is 8.96. The summed E-state index contributed by atoms with van der Waals surface area (Å²) in [5.41, 5.74) is 3.58. The summed E-state index contributed by atoms with van der Waals surface area (Å²) >= 11 is 0. The Morgan fingerprint density at radius 1 is 1.17 bits per heavy atom. The number of carbonyl (C=O) groups is 2. The molecule has 0 aromatic heterocycles. The highest BCUT2D eigenvalue weighted by atomic mass is 16.5. The first-order chi connectivity index (χ1) is 13.9. The smallest absolute Gasteiger partial charge is 0.238 e. The molecule has 2 aromatic carbocycles. The van der Waals surface area contributed by atoms with Crippen LogP contribution < -0.4 is 19.9 Å². The molecule has 1 aliphatic heterocycles. The lowest BCUT2D eigenvalue weighted by molar-refractivity contribution is -0.307. The van der Waals surface area contributed by atoms with E-state index in [-0.39, 0.29) is 18.9 Å². The minimum Gasteiger partial charge on any atom is -0.550 e. The Hall–Kier alpha value is -3.06. The van der Waals surface area contributed by atoms with Gasteiger partial charge in [-0.1, -0.05) is 12.1 Å². The lowest BCUT2D eigenvalue weighted by Gasteiger charge is -2.37. The second-order valence-corrected chi connectivity index (χ2v) is 7.14. The number of ether oxygens (including phenoxy) is 2. The van der Waals surface area contributed by atoms with E-state index in [1.54, 1.807) is 13.2 Å². The standard InChI is InChI=1S/C22H26N2O5/c1-14-5-4-6-16(9-14)23-21(25)13-24-8-7-15-10-19(28-2)20(29-3)11-17(15)18(24)12-22(26)27/h4-6,9-11,18H,7-8,12-13H2,1-3H3,(H,23,25)(H,26,27)/p-1. The molecule has 1 amide bonds. The van der Waals surface area contributed by atoms with E-state index in [0.717, 1.165) is 22.4 Å². The normalized spacial score (nSPS) is 16.0. The van der Waals surface area contributed by atoms with Crippen LogP contribution in [-0.4, -0.2) is 44.1 Å². The molecule has 1 aliphatic rings. The lowest BCUT2D eigenvalue weighted by Crippen LogP contribution is -2.43. The van der Waals surface area contributed by atoms with Gasteiger partial charge < -0.3 is 24.7 Å². The number of hydrogen-bond acceptors (Lipinski definition) is 6. The predicted octanol–water partition coefficient (Wildman–Crippen LogP) is 1.69. The highest BCUT2D eigenvalue weighted by molar-refractivity contribution is 5.92. The van der Waals surface area contributed by atoms with Crippen LogP contribution in [0.3, 0.4) is 0 Å². The van der Waals surface area contributed by atoms with E-state index in [9.17, 15) is 14.7 Å². The Kier molecular flexibility index (Phi) is 6.39. The molecular formula is C22H25N2O5-. The van der Waals surface area contributed by atoms with Crippen molar-refractivity contribution in [3.63, 3.8) is 0 Å². The number of amides is 1. The number of nitrogens with zero attached hydrogens (tertiary/aromatic N) is 1. The Labute approximate surface area is 170 Å². The van der Waals surface area contributed by atoms with Crippen LogP contribution in [-0.2, 0) is 16.0 Å². The topological polar surface area (TPSA) is 90.9 Å². The van der Waals surface area contributed by atoms with Crippen molar-refractivity contribution in [1.82, 2.24) is 4.90 Å². The third kappa shape index (κ3) is 4.86. The van der Waals surface area contributed by atoms with Crippen LogP contribution in [0.1, 0.15) is 29.2 Å². The summed E-state index contributed by atoms with van der Waals surface area (Å²) in [6, 6.07) is 10.7. The number of fused-ring (bicyclic) bond motifs is 1. The number of carboxylic acids is 1. The fourth-order valence-corrected chi connectivity index (χ4v) is 3.77. The highest BCUT2D eigenvalue weighted by Gasteiger charge is 2.30. The number of anilines is 1. The minimum absolute atomic E-state index is 0.0830. The fourth-order valence-electron chi connectivity index (χ4n) is 3.77. The summed E-state index contributed by atoms with van der Waals surface area (Å²) in [4.78, 5) is 25.9. The van der Waals surface area contributed by atoms with Crippen molar-refractivity contribution in [1.29, 1.82) is 0 Å². The van der Waals surface area contributed by atoms with E-state index < -0.39 is 12.0 Å². The molecule has 2 aromatic rings. The van der Waals surface area contributed by atoms with Crippen LogP contribution in [0.4, 0.5) is 5.69 Å². The molecule has 0 radical (unpaired) electrons. The summed E-state index contributed by atoms with van der Waals surface area (Å²) in [5, 5.41) is 14.3. The van der Waals surface area contributed by atoms with Crippen molar-refractivity contribution in [3.8, 4) is 11.5 Å². The summed E-state index contributed by atoms with van der Waals surface area (Å²) in [6.07, 6.45) is 0.469. The van der Waals surface area contributed by atoms with Crippen molar-refractivity contribution in [3.05, 3.63) is 53.1 Å². The third-order valence-electron chi connectivity index (χ3n) is 5.12. The Bertz CT molecular complexity index is 912. The van der Waals surface area contributed by atoms with Gasteiger partial charge in [0.05, 0.1) is 20.8 Å². The highest BCUT2D eigenvalue weighted by Crippen LogP contribution is 2.39. The van der Waals surface area contributed by atoms with Crippen molar-refractivity contribution in [2.24, 2.45) is 0 Å². The van der Waals surface area contributed by atoms with E-state index in [1.165, 1.54) is 7.11 Å². The van der Waals surface area contributed by atoms with E-state index in [2.05, 4.69) is 5.32 Å². The zero-order valence-corrected chi connectivity index (χ0v) is 16.9. The van der Waals surface area contributed by atoms with E-state index in [4.69, 9.17) is 9.47 Å². The van der Waals surface area contributed by atoms with Gasteiger partial charge in [-0.05, 0) is 54.3 Å². The van der Waals surface area contributed by atoms with Gasteiger partial charge in [-0.25, -0.2) is 0 Å². The van der Waals surface area contributed by atoms with Crippen molar-refractivity contribution >= 4 is 17.6 Å². The number of nitrogens with one attached hydrogen (secondary N) is 1. The molecule has 1 atom stereocenters. The van der Waals surface area contributed by atoms with Gasteiger partial charge in [-0.15, -0.1) is 0 Å². The van der Waals surface area contributed by atoms with Crippen molar-refractivity contribution < 1.29 is 24.2 Å². The van der Waals surface area contributed by atoms with Gasteiger partial charge in [0.2, 0.25) is 5.91 Å². The van der Waals surface area contributed by atoms with Gasteiger partial charge in [0.25, 0.3) is 0 Å². The maximum absolute atomic E-state index is 12.6. The van der Waals surface area contributed by atoms with Gasteiger partial charge in [0, 0.05) is 30.7 Å². The number of aryl methyl sites for hydroxylation is 1. The molecular weight excluding hydrogens is 372 g/mol. The fraction of sp³-hybridized carbons (Fsp3) is 0.364. The summed E-state index contributed by atoms with van der Waals surface area (Å²) in [6.45, 7) is 2.59. The second-order valence-electron chi connectivity index (χ2n) is 7.14. The molecule has 0 saturated carbocycles. The van der Waals surface area contributed by atoms with Crippen LogP contribution in [0.25, 0.3) is 0 Å². The summed E-state index contributed by atoms with van der Waals surface area (Å²) in [7, 11) is 3.10. The SMILES string of the molecule is COc1cc2c(cc1OC)C(CC(=O)[O-])N(CC(=O)Nc1cccc(C)c1)CC2. The average molecular weight is 397 g/mol. The largest absolute Gasteiger partial charge is 0.550 e. The quantitative estimate of drug-likeness (QED) is 0.765. The molecule has 0 spiro atoms. The van der Waals surface area contributed by atoms with Gasteiger partial charge in [0.1, 0.15) is 0 Å². The monoisotopic (exact) mass is 397 g/mol. The molecule has 7 heteroatoms. The first-order valence-corrected chi connectivity index (χ1v) is 9.46. The van der Waals surface area contributed by atoms with Gasteiger partial charge in [0.15, 0.2) is 11.5 Å². The number of methoxy groups -OCH3 is 2. The van der Waals surface area contributed by atoms with E-state index >= 15 is 0 Å². The molecule has 0 fully saturated rings. The maximum Gasteiger partial charge on any atom is 0.238 e. The van der Waals surface area contributed by atoms with Crippen molar-refractivity contribution in [2.75, 3.05) is 32.6 Å². The summed E-state index contributed by atoms with van der Waals surface area (Å²) < 4.78 is 10.7. The van der Waals surface area contributed by atoms with Crippen LogP contribution in [0.5, 0.6) is 11.5 Å². The molecule has 1 unspecified atom stereocenters. The molecule has 1 N–H and O–H groups in total. The number of aliphatic carboxylic acids is 1. The Balaban J connectivity index is 1.83. The Morgan fingerprint density at radius 3 is 2.55 bits per heavy atom. The molecule has 3 rings (SSSR count). The number of carbonyl (C=O) groups excluding carboxylic acids is 2. The van der Waals surface area contributed by atoms with E-state index in [1.807, 2.05) is 42.2 Å². The van der Waals surface area contributed by atoms with Crippen LogP contribution in [0.15, 0.2) is 36.4 Å². The molecule has 0 bridgehead atoms. The molecule has 154 valence electrons. The molecule has 29 heavy (non-hydrogen) atoms. The van der Waals surface area contributed by atoms with E-state index in [0.29, 0.717) is 24.5 Å². The average Bonchev–Trinajstić information content (AvgIpc) is 2.68. The molecule has 0 saturated heterocycles. The van der Waals surface area contributed by atoms with Gasteiger partial charge >= 0.3 is 0 Å². The van der Waals surface area contributed by atoms with Gasteiger partial charge in [-0.2, -0.15) is 0 Å². The predicted molar refractivity (Wildman–Crippen MR) is 107 cm³/mol. The van der Waals surface area contributed by atoms with Crippen LogP contribution in [0, 0.1) is 6.92 Å². The molecule has 0 aliphatic carbocycles. The van der Waals surface area contributed by atoms with Gasteiger partial charge in [-0.3, -0.25) is 9.69 Å². The first kappa shape index (κ1) is 20.7. The molecule has 7 nitrogen and oxygen atoms in total. The number of benzene rings is 2. The van der Waals surface area contributed by atoms with Crippen molar-refractivity contribution in [2.45, 2.75) is 25.8 Å². The third-order valence-corrected chi connectivity index (χ3v) is 5.12. The first-order valence-electron chi connectivity index (χ1n) is 9.46.